The van der Waals surface area contributed by atoms with Crippen molar-refractivity contribution in [3.8, 4) is 0 Å². The van der Waals surface area contributed by atoms with Crippen molar-refractivity contribution in [3.63, 3.8) is 0 Å². The van der Waals surface area contributed by atoms with Crippen molar-refractivity contribution < 1.29 is 19.4 Å². The molecule has 0 aromatic carbocycles. The van der Waals surface area contributed by atoms with Gasteiger partial charge in [0.05, 0.1) is 0 Å². The number of aliphatic hydroxyl groups is 1. The van der Waals surface area contributed by atoms with Crippen molar-refractivity contribution in [1.82, 2.24) is 0 Å². The minimum Gasteiger partial charge on any atom is -0.504 e. The molecule has 0 spiro atoms. The Bertz CT molecular complexity index is 770. The zero-order chi connectivity index (χ0) is 23.6. The van der Waals surface area contributed by atoms with Crippen LogP contribution in [0.1, 0.15) is 124 Å². The maximum Gasteiger partial charge on any atom is 0.306 e. The first-order valence-corrected chi connectivity index (χ1v) is 14.0. The van der Waals surface area contributed by atoms with Crippen LogP contribution in [-0.4, -0.2) is 23.0 Å². The minimum atomic E-state index is -0.0598. The fraction of sp³-hybridized carbons (Fsp3) is 0.862. The van der Waals surface area contributed by atoms with E-state index in [2.05, 4.69) is 20.8 Å². The Morgan fingerprint density at radius 3 is 2.42 bits per heavy atom. The molecule has 4 heteroatoms. The summed E-state index contributed by atoms with van der Waals surface area (Å²) in [5, 5.41) is 10.5. The van der Waals surface area contributed by atoms with Crippen molar-refractivity contribution in [2.24, 2.45) is 28.6 Å². The van der Waals surface area contributed by atoms with Crippen molar-refractivity contribution >= 4 is 11.8 Å². The quantitative estimate of drug-likeness (QED) is 0.288. The van der Waals surface area contributed by atoms with E-state index in [4.69, 9.17) is 4.74 Å². The Kier molecular flexibility index (Phi) is 7.60. The number of rotatable bonds is 9. The number of carbonyl (C=O) groups is 2. The van der Waals surface area contributed by atoms with E-state index in [1.54, 1.807) is 0 Å². The van der Waals surface area contributed by atoms with Gasteiger partial charge in [0, 0.05) is 18.3 Å². The van der Waals surface area contributed by atoms with E-state index >= 15 is 0 Å². The average molecular weight is 459 g/mol. The number of hydrogen-bond acceptors (Lipinski definition) is 4. The first-order valence-electron chi connectivity index (χ1n) is 14.0. The van der Waals surface area contributed by atoms with Gasteiger partial charge in [-0.15, -0.1) is 0 Å². The van der Waals surface area contributed by atoms with Crippen molar-refractivity contribution in [2.45, 2.75) is 130 Å². The van der Waals surface area contributed by atoms with Crippen molar-refractivity contribution in [3.05, 3.63) is 11.3 Å². The third-order valence-corrected chi connectivity index (χ3v) is 10.3. The number of hydrogen-bond donors (Lipinski definition) is 1. The Labute approximate surface area is 200 Å². The highest BCUT2D eigenvalue weighted by Gasteiger charge is 2.60. The van der Waals surface area contributed by atoms with Gasteiger partial charge in [-0.2, -0.15) is 0 Å². The number of esters is 1. The van der Waals surface area contributed by atoms with Crippen LogP contribution in [0.3, 0.4) is 0 Å². The number of fused-ring (bicyclic) bond motifs is 5. The van der Waals surface area contributed by atoms with Crippen LogP contribution in [0, 0.1) is 28.6 Å². The number of allylic oxidation sites excluding steroid dienone is 1. The molecule has 0 amide bonds. The number of ketones is 1. The lowest BCUT2D eigenvalue weighted by Gasteiger charge is -2.57. The molecule has 186 valence electrons. The van der Waals surface area contributed by atoms with Gasteiger partial charge in [-0.1, -0.05) is 59.3 Å². The molecule has 4 nitrogen and oxygen atoms in total. The molecule has 6 atom stereocenters. The van der Waals surface area contributed by atoms with Crippen LogP contribution in [0.25, 0.3) is 0 Å². The maximum absolute atomic E-state index is 12.7. The van der Waals surface area contributed by atoms with E-state index in [-0.39, 0.29) is 34.4 Å². The summed E-state index contributed by atoms with van der Waals surface area (Å²) in [6.07, 6.45) is 16.8. The number of aliphatic hydroxyl groups excluding tert-OH is 1. The molecule has 1 N–H and O–H groups in total. The molecule has 3 fully saturated rings. The molecular formula is C29H46O4. The fourth-order valence-electron chi connectivity index (χ4n) is 8.28. The monoisotopic (exact) mass is 458 g/mol. The largest absolute Gasteiger partial charge is 0.504 e. The Hall–Kier alpha value is -1.32. The smallest absolute Gasteiger partial charge is 0.306 e. The van der Waals surface area contributed by atoms with E-state index in [9.17, 15) is 14.7 Å². The third kappa shape index (κ3) is 4.65. The van der Waals surface area contributed by atoms with Crippen LogP contribution in [0.15, 0.2) is 11.3 Å². The van der Waals surface area contributed by atoms with Gasteiger partial charge in [0.25, 0.3) is 0 Å². The van der Waals surface area contributed by atoms with E-state index in [0.717, 1.165) is 63.4 Å². The van der Waals surface area contributed by atoms with E-state index in [0.29, 0.717) is 30.6 Å². The lowest BCUT2D eigenvalue weighted by molar-refractivity contribution is -0.160. The van der Waals surface area contributed by atoms with Gasteiger partial charge in [0.1, 0.15) is 6.10 Å². The Morgan fingerprint density at radius 2 is 1.67 bits per heavy atom. The number of unbranched alkanes of at least 4 members (excludes halogenated alkanes) is 6. The number of ether oxygens (including phenoxy) is 1. The second kappa shape index (κ2) is 10.1. The molecule has 0 aliphatic heterocycles. The molecule has 0 saturated heterocycles. The van der Waals surface area contributed by atoms with Crippen LogP contribution in [0.4, 0.5) is 0 Å². The van der Waals surface area contributed by atoms with Gasteiger partial charge in [0.15, 0.2) is 11.5 Å². The summed E-state index contributed by atoms with van der Waals surface area (Å²) in [4.78, 5) is 24.8. The first-order chi connectivity index (χ1) is 15.8. The fourth-order valence-corrected chi connectivity index (χ4v) is 8.28. The average Bonchev–Trinajstić information content (AvgIpc) is 3.12. The second-order valence-corrected chi connectivity index (χ2v) is 12.1. The van der Waals surface area contributed by atoms with Crippen LogP contribution in [0.5, 0.6) is 0 Å². The van der Waals surface area contributed by atoms with Crippen LogP contribution in [0.2, 0.25) is 0 Å². The highest BCUT2D eigenvalue weighted by atomic mass is 16.5. The predicted molar refractivity (Wildman–Crippen MR) is 131 cm³/mol. The summed E-state index contributed by atoms with van der Waals surface area (Å²) in [5.74, 6) is 1.77. The number of Topliss-reactive ketones (excluding diaryl/α,β-unsaturated/α-hetero) is 1. The Balaban J connectivity index is 1.33. The minimum absolute atomic E-state index is 0.00842. The molecular weight excluding hydrogens is 412 g/mol. The van der Waals surface area contributed by atoms with Crippen LogP contribution < -0.4 is 0 Å². The van der Waals surface area contributed by atoms with Gasteiger partial charge in [-0.3, -0.25) is 9.59 Å². The maximum atomic E-state index is 12.7. The van der Waals surface area contributed by atoms with Gasteiger partial charge >= 0.3 is 5.97 Å². The second-order valence-electron chi connectivity index (χ2n) is 12.1. The Morgan fingerprint density at radius 1 is 0.939 bits per heavy atom. The molecule has 0 aromatic rings. The number of carbonyl (C=O) groups excluding carboxylic acids is 2. The molecule has 0 radical (unpaired) electrons. The lowest BCUT2D eigenvalue weighted by atomic mass is 9.47. The topological polar surface area (TPSA) is 63.6 Å². The van der Waals surface area contributed by atoms with Gasteiger partial charge in [-0.25, -0.2) is 0 Å². The third-order valence-electron chi connectivity index (χ3n) is 10.3. The van der Waals surface area contributed by atoms with Crippen LogP contribution in [-0.2, 0) is 14.3 Å². The molecule has 4 rings (SSSR count). The molecule has 0 unspecified atom stereocenters. The van der Waals surface area contributed by atoms with Gasteiger partial charge in [0.2, 0.25) is 0 Å². The molecule has 0 bridgehead atoms. The van der Waals surface area contributed by atoms with Gasteiger partial charge < -0.3 is 9.84 Å². The highest BCUT2D eigenvalue weighted by Crippen LogP contribution is 2.66. The molecule has 0 heterocycles. The molecule has 3 saturated carbocycles. The van der Waals surface area contributed by atoms with Crippen molar-refractivity contribution in [1.29, 1.82) is 0 Å². The molecule has 0 aromatic heterocycles. The normalized spacial score (nSPS) is 38.0. The zero-order valence-corrected chi connectivity index (χ0v) is 21.3. The summed E-state index contributed by atoms with van der Waals surface area (Å²) in [6, 6.07) is 0. The SMILES string of the molecule is CCCCCCCCCC(=O)O[C@@H]1CC[C@@H]2[C@H]3CCC4=C(O)C(=O)CC[C@@]4(C)[C@@H]3CC[C@]21C. The highest BCUT2D eigenvalue weighted by molar-refractivity contribution is 5.95. The van der Waals surface area contributed by atoms with Crippen LogP contribution >= 0.6 is 0 Å². The zero-order valence-electron chi connectivity index (χ0n) is 21.3. The molecule has 33 heavy (non-hydrogen) atoms. The summed E-state index contributed by atoms with van der Waals surface area (Å²) in [6.45, 7) is 6.92. The van der Waals surface area contributed by atoms with Gasteiger partial charge in [-0.05, 0) is 80.1 Å². The van der Waals surface area contributed by atoms with E-state index < -0.39 is 0 Å². The first kappa shape index (κ1) is 24.8. The molecule has 4 aliphatic carbocycles. The summed E-state index contributed by atoms with van der Waals surface area (Å²) in [5.41, 5.74) is 1.09. The van der Waals surface area contributed by atoms with Crippen molar-refractivity contribution in [2.75, 3.05) is 0 Å². The summed E-state index contributed by atoms with van der Waals surface area (Å²) >= 11 is 0. The predicted octanol–water partition coefficient (Wildman–Crippen LogP) is 7.46. The standard InChI is InChI=1S/C29H46O4/c1-4-5-6-7-8-9-10-11-26(31)33-25-15-14-21-20-12-13-23-27(32)24(30)17-19-28(23,2)22(20)16-18-29(21,25)3/h20-22,25,32H,4-19H2,1-3H3/t20-,21-,22-,25-,28+,29-/m1/s1. The summed E-state index contributed by atoms with van der Waals surface area (Å²) in [7, 11) is 0. The van der Waals surface area contributed by atoms with E-state index in [1.165, 1.54) is 32.1 Å². The lowest BCUT2D eigenvalue weighted by Crippen LogP contribution is -2.52. The van der Waals surface area contributed by atoms with E-state index in [1.807, 2.05) is 0 Å². The molecule has 4 aliphatic rings. The summed E-state index contributed by atoms with van der Waals surface area (Å²) < 4.78 is 6.14.